The van der Waals surface area contributed by atoms with E-state index in [-0.39, 0.29) is 35.7 Å². The fourth-order valence-electron chi connectivity index (χ4n) is 2.02. The van der Waals surface area contributed by atoms with Crippen molar-refractivity contribution in [3.63, 3.8) is 0 Å². The molecule has 142 valence electrons. The van der Waals surface area contributed by atoms with Gasteiger partial charge in [0.15, 0.2) is 6.61 Å². The number of ether oxygens (including phenoxy) is 1. The van der Waals surface area contributed by atoms with Gasteiger partial charge in [0.05, 0.1) is 10.6 Å². The van der Waals surface area contributed by atoms with E-state index < -0.39 is 5.82 Å². The molecule has 0 aliphatic rings. The maximum absolute atomic E-state index is 13.3. The van der Waals surface area contributed by atoms with E-state index >= 15 is 0 Å². The fraction of sp³-hybridized carbons (Fsp3) is 0.211. The van der Waals surface area contributed by atoms with Crippen molar-refractivity contribution < 1.29 is 18.7 Å². The van der Waals surface area contributed by atoms with Gasteiger partial charge in [-0.1, -0.05) is 18.2 Å². The minimum atomic E-state index is -0.620. The van der Waals surface area contributed by atoms with Crippen LogP contribution < -0.4 is 15.4 Å². The Hall–Kier alpha value is -2.93. The predicted octanol–water partition coefficient (Wildman–Crippen LogP) is 3.01. The lowest BCUT2D eigenvalue weighted by molar-refractivity contribution is -0.123. The van der Waals surface area contributed by atoms with Crippen LogP contribution in [0.5, 0.6) is 5.75 Å². The van der Waals surface area contributed by atoms with Crippen LogP contribution in [0.25, 0.3) is 0 Å². The largest absolute Gasteiger partial charge is 0.484 e. The monoisotopic (exact) mass is 391 g/mol. The van der Waals surface area contributed by atoms with Gasteiger partial charge >= 0.3 is 0 Å². The zero-order valence-corrected chi connectivity index (χ0v) is 15.5. The Labute approximate surface area is 161 Å². The topological polar surface area (TPSA) is 80.3 Å². The van der Waals surface area contributed by atoms with Gasteiger partial charge in [0, 0.05) is 36.6 Å². The molecule has 2 aromatic rings. The van der Waals surface area contributed by atoms with Crippen molar-refractivity contribution in [2.24, 2.45) is 0 Å². The summed E-state index contributed by atoms with van der Waals surface area (Å²) in [6, 6.07) is 7.33. The van der Waals surface area contributed by atoms with Crippen molar-refractivity contribution in [3.8, 4) is 5.75 Å². The molecule has 8 heteroatoms. The SMILES string of the molecule is C=C(CCNC(=O)COc1ccc(Cl)c(F)c1)NC(=O)c1ccc(C)nc1. The molecule has 0 saturated heterocycles. The Kier molecular flexibility index (Phi) is 7.31. The highest BCUT2D eigenvalue weighted by Crippen LogP contribution is 2.20. The number of carbonyl (C=O) groups is 2. The molecule has 0 unspecified atom stereocenters. The summed E-state index contributed by atoms with van der Waals surface area (Å²) in [6.45, 7) is 5.58. The maximum atomic E-state index is 13.3. The third kappa shape index (κ3) is 6.71. The number of hydrogen-bond donors (Lipinski definition) is 2. The molecular weight excluding hydrogens is 373 g/mol. The molecule has 6 nitrogen and oxygen atoms in total. The highest BCUT2D eigenvalue weighted by atomic mass is 35.5. The van der Waals surface area contributed by atoms with Crippen LogP contribution in [0.4, 0.5) is 4.39 Å². The molecular formula is C19H19ClFN3O3. The van der Waals surface area contributed by atoms with Gasteiger partial charge in [-0.15, -0.1) is 0 Å². The van der Waals surface area contributed by atoms with E-state index in [2.05, 4.69) is 22.2 Å². The normalized spacial score (nSPS) is 10.2. The van der Waals surface area contributed by atoms with Gasteiger partial charge in [-0.05, 0) is 31.2 Å². The van der Waals surface area contributed by atoms with Crippen molar-refractivity contribution >= 4 is 23.4 Å². The molecule has 1 aromatic heterocycles. The number of nitrogens with zero attached hydrogens (tertiary/aromatic N) is 1. The Balaban J connectivity index is 1.68. The molecule has 0 bridgehead atoms. The van der Waals surface area contributed by atoms with E-state index in [0.29, 0.717) is 17.7 Å². The standard InChI is InChI=1S/C19H19ClFN3O3/c1-12-3-4-14(10-23-12)19(26)24-13(2)7-8-22-18(25)11-27-15-5-6-16(20)17(21)9-15/h3-6,9-10H,2,7-8,11H2,1H3,(H,22,25)(H,24,26). The van der Waals surface area contributed by atoms with Crippen LogP contribution in [0, 0.1) is 12.7 Å². The van der Waals surface area contributed by atoms with Crippen LogP contribution in [-0.2, 0) is 4.79 Å². The zero-order chi connectivity index (χ0) is 19.8. The molecule has 1 heterocycles. The zero-order valence-electron chi connectivity index (χ0n) is 14.7. The Morgan fingerprint density at radius 1 is 1.30 bits per heavy atom. The van der Waals surface area contributed by atoms with Gasteiger partial charge in [0.1, 0.15) is 11.6 Å². The van der Waals surface area contributed by atoms with Gasteiger partial charge in [0.25, 0.3) is 11.8 Å². The lowest BCUT2D eigenvalue weighted by atomic mass is 10.2. The van der Waals surface area contributed by atoms with E-state index in [1.54, 1.807) is 12.1 Å². The van der Waals surface area contributed by atoms with Gasteiger partial charge in [-0.25, -0.2) is 4.39 Å². The molecule has 0 spiro atoms. The van der Waals surface area contributed by atoms with Crippen LogP contribution in [0.15, 0.2) is 48.8 Å². The number of benzene rings is 1. The number of nitrogens with one attached hydrogen (secondary N) is 2. The summed E-state index contributed by atoms with van der Waals surface area (Å²) in [7, 11) is 0. The van der Waals surface area contributed by atoms with Gasteiger partial charge < -0.3 is 15.4 Å². The minimum absolute atomic E-state index is 0.0196. The summed E-state index contributed by atoms with van der Waals surface area (Å²) >= 11 is 5.57. The van der Waals surface area contributed by atoms with E-state index in [4.69, 9.17) is 16.3 Å². The smallest absolute Gasteiger partial charge is 0.257 e. The summed E-state index contributed by atoms with van der Waals surface area (Å²) in [5, 5.41) is 5.25. The number of carbonyl (C=O) groups excluding carboxylic acids is 2. The highest BCUT2D eigenvalue weighted by Gasteiger charge is 2.08. The summed E-state index contributed by atoms with van der Waals surface area (Å²) in [6.07, 6.45) is 1.84. The quantitative estimate of drug-likeness (QED) is 0.724. The molecule has 27 heavy (non-hydrogen) atoms. The molecule has 0 aliphatic carbocycles. The average molecular weight is 392 g/mol. The Morgan fingerprint density at radius 2 is 2.07 bits per heavy atom. The number of amides is 2. The molecule has 1 aromatic carbocycles. The summed E-state index contributed by atoms with van der Waals surface area (Å²) in [4.78, 5) is 27.8. The molecule has 0 radical (unpaired) electrons. The van der Waals surface area contributed by atoms with E-state index in [0.717, 1.165) is 11.8 Å². The van der Waals surface area contributed by atoms with Crippen molar-refractivity contribution in [1.29, 1.82) is 0 Å². The van der Waals surface area contributed by atoms with Crippen LogP contribution in [0.3, 0.4) is 0 Å². The Morgan fingerprint density at radius 3 is 2.74 bits per heavy atom. The summed E-state index contributed by atoms with van der Waals surface area (Å²) in [5.41, 5.74) is 1.70. The minimum Gasteiger partial charge on any atom is -0.484 e. The van der Waals surface area contributed by atoms with Gasteiger partial charge in [-0.2, -0.15) is 0 Å². The third-order valence-electron chi connectivity index (χ3n) is 3.47. The van der Waals surface area contributed by atoms with Crippen molar-refractivity contribution in [2.75, 3.05) is 13.2 Å². The van der Waals surface area contributed by atoms with Crippen molar-refractivity contribution in [1.82, 2.24) is 15.6 Å². The molecule has 0 atom stereocenters. The second-order valence-corrected chi connectivity index (χ2v) is 6.12. The fourth-order valence-corrected chi connectivity index (χ4v) is 2.13. The van der Waals surface area contributed by atoms with Crippen LogP contribution in [0.2, 0.25) is 5.02 Å². The summed E-state index contributed by atoms with van der Waals surface area (Å²) < 4.78 is 18.5. The van der Waals surface area contributed by atoms with Gasteiger partial charge in [0.2, 0.25) is 0 Å². The van der Waals surface area contributed by atoms with Crippen LogP contribution in [0.1, 0.15) is 22.5 Å². The molecule has 0 saturated carbocycles. The third-order valence-corrected chi connectivity index (χ3v) is 3.78. The number of hydrogen-bond acceptors (Lipinski definition) is 4. The lowest BCUT2D eigenvalue weighted by Gasteiger charge is -2.10. The molecule has 0 aliphatic heterocycles. The predicted molar refractivity (Wildman–Crippen MR) is 100 cm³/mol. The van der Waals surface area contributed by atoms with Crippen molar-refractivity contribution in [2.45, 2.75) is 13.3 Å². The second kappa shape index (κ2) is 9.68. The van der Waals surface area contributed by atoms with E-state index in [1.165, 1.54) is 18.3 Å². The lowest BCUT2D eigenvalue weighted by Crippen LogP contribution is -2.31. The number of aryl methyl sites for hydroxylation is 1. The average Bonchev–Trinajstić information content (AvgIpc) is 2.63. The first-order chi connectivity index (χ1) is 12.8. The van der Waals surface area contributed by atoms with E-state index in [9.17, 15) is 14.0 Å². The Bertz CT molecular complexity index is 841. The van der Waals surface area contributed by atoms with E-state index in [1.807, 2.05) is 6.92 Å². The van der Waals surface area contributed by atoms with Gasteiger partial charge in [-0.3, -0.25) is 14.6 Å². The maximum Gasteiger partial charge on any atom is 0.257 e. The number of rotatable bonds is 8. The molecule has 0 fully saturated rings. The first kappa shape index (κ1) is 20.4. The van der Waals surface area contributed by atoms with Crippen LogP contribution in [-0.4, -0.2) is 29.9 Å². The van der Waals surface area contributed by atoms with Crippen molar-refractivity contribution in [3.05, 3.63) is 70.9 Å². The summed E-state index contributed by atoms with van der Waals surface area (Å²) in [5.74, 6) is -1.11. The first-order valence-corrected chi connectivity index (χ1v) is 8.49. The number of aromatic nitrogens is 1. The second-order valence-electron chi connectivity index (χ2n) is 5.71. The van der Waals surface area contributed by atoms with Crippen LogP contribution >= 0.6 is 11.6 Å². The molecule has 2 N–H and O–H groups in total. The first-order valence-electron chi connectivity index (χ1n) is 8.11. The number of pyridine rings is 1. The number of halogens is 2. The highest BCUT2D eigenvalue weighted by molar-refractivity contribution is 6.30. The molecule has 2 rings (SSSR count). The molecule has 2 amide bonds.